The lowest BCUT2D eigenvalue weighted by atomic mass is 10.1. The number of rotatable bonds is 6. The molecule has 0 saturated carbocycles. The van der Waals surface area contributed by atoms with Gasteiger partial charge < -0.3 is 10.2 Å². The zero-order valence-corrected chi connectivity index (χ0v) is 15.2. The fourth-order valence-corrected chi connectivity index (χ4v) is 3.35. The standard InChI is InChI=1S/C22H20N4O2/c27-20(25-19-12-6-7-13-23-19)14-24-21-17-10-4-5-11-18(17)22(28)26(21)15-16-8-2-1-3-9-16/h1-13,21,24H,14-15H2,(H,23,25,27). The van der Waals surface area contributed by atoms with Crippen LogP contribution in [0.2, 0.25) is 0 Å². The lowest BCUT2D eigenvalue weighted by Gasteiger charge is -2.26. The van der Waals surface area contributed by atoms with Gasteiger partial charge in [0.05, 0.1) is 6.54 Å². The minimum atomic E-state index is -0.363. The minimum absolute atomic E-state index is 0.0397. The second kappa shape index (κ2) is 8.02. The molecule has 1 aliphatic heterocycles. The first-order valence-electron chi connectivity index (χ1n) is 9.10. The van der Waals surface area contributed by atoms with Crippen molar-refractivity contribution in [3.8, 4) is 0 Å². The quantitative estimate of drug-likeness (QED) is 0.698. The molecule has 6 heteroatoms. The van der Waals surface area contributed by atoms with Crippen LogP contribution in [0.5, 0.6) is 0 Å². The van der Waals surface area contributed by atoms with Gasteiger partial charge in [-0.15, -0.1) is 0 Å². The van der Waals surface area contributed by atoms with Gasteiger partial charge in [-0.25, -0.2) is 4.98 Å². The van der Waals surface area contributed by atoms with E-state index in [2.05, 4.69) is 15.6 Å². The Morgan fingerprint density at radius 2 is 1.71 bits per heavy atom. The van der Waals surface area contributed by atoms with Crippen molar-refractivity contribution in [1.82, 2.24) is 15.2 Å². The van der Waals surface area contributed by atoms with Crippen LogP contribution >= 0.6 is 0 Å². The molecular formula is C22H20N4O2. The molecule has 6 nitrogen and oxygen atoms in total. The Kier molecular flexibility index (Phi) is 5.12. The maximum Gasteiger partial charge on any atom is 0.256 e. The number of hydrogen-bond donors (Lipinski definition) is 2. The van der Waals surface area contributed by atoms with Crippen molar-refractivity contribution in [2.45, 2.75) is 12.7 Å². The second-order valence-electron chi connectivity index (χ2n) is 6.55. The lowest BCUT2D eigenvalue weighted by Crippen LogP contribution is -2.39. The molecule has 1 aromatic heterocycles. The summed E-state index contributed by atoms with van der Waals surface area (Å²) in [6.45, 7) is 0.530. The third-order valence-corrected chi connectivity index (χ3v) is 4.64. The predicted molar refractivity (Wildman–Crippen MR) is 106 cm³/mol. The van der Waals surface area contributed by atoms with Crippen LogP contribution in [0.3, 0.4) is 0 Å². The zero-order chi connectivity index (χ0) is 19.3. The van der Waals surface area contributed by atoms with Gasteiger partial charge in [-0.3, -0.25) is 14.9 Å². The molecule has 2 heterocycles. The highest BCUT2D eigenvalue weighted by Crippen LogP contribution is 2.32. The number of nitrogens with one attached hydrogen (secondary N) is 2. The summed E-state index contributed by atoms with van der Waals surface area (Å²) in [4.78, 5) is 31.1. The van der Waals surface area contributed by atoms with E-state index in [4.69, 9.17) is 0 Å². The maximum atomic E-state index is 12.9. The smallest absolute Gasteiger partial charge is 0.256 e. The summed E-state index contributed by atoms with van der Waals surface area (Å²) in [7, 11) is 0. The van der Waals surface area contributed by atoms with Gasteiger partial charge in [0.2, 0.25) is 5.91 Å². The number of fused-ring (bicyclic) bond motifs is 1. The molecule has 2 amide bonds. The number of aromatic nitrogens is 1. The lowest BCUT2D eigenvalue weighted by molar-refractivity contribution is -0.115. The molecule has 2 N–H and O–H groups in total. The Labute approximate surface area is 163 Å². The predicted octanol–water partition coefficient (Wildman–Crippen LogP) is 2.96. The number of anilines is 1. The van der Waals surface area contributed by atoms with E-state index in [1.165, 1.54) is 0 Å². The highest BCUT2D eigenvalue weighted by atomic mass is 16.2. The number of nitrogens with zero attached hydrogens (tertiary/aromatic N) is 2. The topological polar surface area (TPSA) is 74.3 Å². The van der Waals surface area contributed by atoms with Crippen molar-refractivity contribution < 1.29 is 9.59 Å². The second-order valence-corrected chi connectivity index (χ2v) is 6.55. The van der Waals surface area contributed by atoms with Crippen LogP contribution in [0, 0.1) is 0 Å². The van der Waals surface area contributed by atoms with Crippen molar-refractivity contribution in [3.05, 3.63) is 95.7 Å². The van der Waals surface area contributed by atoms with E-state index in [1.807, 2.05) is 60.7 Å². The molecular weight excluding hydrogens is 352 g/mol. The van der Waals surface area contributed by atoms with Gasteiger partial charge in [0.25, 0.3) is 5.91 Å². The normalized spacial score (nSPS) is 15.4. The third kappa shape index (κ3) is 3.77. The van der Waals surface area contributed by atoms with Gasteiger partial charge in [-0.1, -0.05) is 54.6 Å². The SMILES string of the molecule is O=C(CNC1c2ccccc2C(=O)N1Cc1ccccc1)Nc1ccccn1. The average molecular weight is 372 g/mol. The van der Waals surface area contributed by atoms with Crippen LogP contribution in [0.1, 0.15) is 27.7 Å². The molecule has 28 heavy (non-hydrogen) atoms. The molecule has 140 valence electrons. The van der Waals surface area contributed by atoms with Crippen LogP contribution in [-0.4, -0.2) is 28.2 Å². The molecule has 0 radical (unpaired) electrons. The van der Waals surface area contributed by atoms with Crippen molar-refractivity contribution in [1.29, 1.82) is 0 Å². The monoisotopic (exact) mass is 372 g/mol. The van der Waals surface area contributed by atoms with Gasteiger partial charge in [0.1, 0.15) is 12.0 Å². The van der Waals surface area contributed by atoms with Gasteiger partial charge in [-0.05, 0) is 23.8 Å². The molecule has 3 aromatic rings. The Bertz CT molecular complexity index is 976. The van der Waals surface area contributed by atoms with Crippen LogP contribution in [0.15, 0.2) is 79.0 Å². The molecule has 0 bridgehead atoms. The fourth-order valence-electron chi connectivity index (χ4n) is 3.35. The first kappa shape index (κ1) is 17.9. The zero-order valence-electron chi connectivity index (χ0n) is 15.2. The number of carbonyl (C=O) groups excluding carboxylic acids is 2. The van der Waals surface area contributed by atoms with Gasteiger partial charge >= 0.3 is 0 Å². The van der Waals surface area contributed by atoms with E-state index in [0.29, 0.717) is 17.9 Å². The summed E-state index contributed by atoms with van der Waals surface area (Å²) in [5, 5.41) is 5.97. The Balaban J connectivity index is 1.50. The molecule has 4 rings (SSSR count). The largest absolute Gasteiger partial charge is 0.315 e. The van der Waals surface area contributed by atoms with E-state index >= 15 is 0 Å². The number of carbonyl (C=O) groups is 2. The first-order valence-corrected chi connectivity index (χ1v) is 9.10. The Morgan fingerprint density at radius 1 is 0.964 bits per heavy atom. The minimum Gasteiger partial charge on any atom is -0.315 e. The molecule has 2 aromatic carbocycles. The Hall–Kier alpha value is -3.51. The average Bonchev–Trinajstić information content (AvgIpc) is 2.99. The molecule has 0 aliphatic carbocycles. The summed E-state index contributed by atoms with van der Waals surface area (Å²) in [5.41, 5.74) is 2.59. The number of amides is 2. The van der Waals surface area contributed by atoms with E-state index in [-0.39, 0.29) is 24.5 Å². The number of benzene rings is 2. The van der Waals surface area contributed by atoms with Crippen LogP contribution in [-0.2, 0) is 11.3 Å². The summed E-state index contributed by atoms with van der Waals surface area (Å²) in [6.07, 6.45) is 1.26. The van der Waals surface area contributed by atoms with Crippen molar-refractivity contribution in [2.24, 2.45) is 0 Å². The molecule has 0 fully saturated rings. The highest BCUT2D eigenvalue weighted by Gasteiger charge is 2.36. The van der Waals surface area contributed by atoms with E-state index < -0.39 is 0 Å². The summed E-state index contributed by atoms with van der Waals surface area (Å²) in [5.74, 6) is 0.246. The molecule has 0 saturated heterocycles. The molecule has 1 atom stereocenters. The molecule has 0 spiro atoms. The third-order valence-electron chi connectivity index (χ3n) is 4.64. The Morgan fingerprint density at radius 3 is 2.50 bits per heavy atom. The van der Waals surface area contributed by atoms with Gasteiger partial charge in [-0.2, -0.15) is 0 Å². The van der Waals surface area contributed by atoms with Crippen molar-refractivity contribution >= 4 is 17.6 Å². The fraction of sp³-hybridized carbons (Fsp3) is 0.136. The van der Waals surface area contributed by atoms with Crippen molar-refractivity contribution in [3.63, 3.8) is 0 Å². The summed E-state index contributed by atoms with van der Waals surface area (Å²) >= 11 is 0. The van der Waals surface area contributed by atoms with Crippen LogP contribution < -0.4 is 10.6 Å². The van der Waals surface area contributed by atoms with E-state index in [1.54, 1.807) is 23.2 Å². The summed E-state index contributed by atoms with van der Waals surface area (Å²) in [6, 6.07) is 22.7. The number of pyridine rings is 1. The number of hydrogen-bond acceptors (Lipinski definition) is 4. The van der Waals surface area contributed by atoms with Gasteiger partial charge in [0, 0.05) is 23.9 Å². The van der Waals surface area contributed by atoms with Crippen molar-refractivity contribution in [2.75, 3.05) is 11.9 Å². The van der Waals surface area contributed by atoms with Crippen LogP contribution in [0.4, 0.5) is 5.82 Å². The molecule has 1 unspecified atom stereocenters. The first-order chi connectivity index (χ1) is 13.7. The highest BCUT2D eigenvalue weighted by molar-refractivity contribution is 5.99. The summed E-state index contributed by atoms with van der Waals surface area (Å²) < 4.78 is 0. The maximum absolute atomic E-state index is 12.9. The van der Waals surface area contributed by atoms with Crippen LogP contribution in [0.25, 0.3) is 0 Å². The molecule has 1 aliphatic rings. The van der Waals surface area contributed by atoms with E-state index in [0.717, 1.165) is 11.1 Å². The van der Waals surface area contributed by atoms with E-state index in [9.17, 15) is 9.59 Å². The van der Waals surface area contributed by atoms with Gasteiger partial charge in [0.15, 0.2) is 0 Å².